The van der Waals surface area contributed by atoms with Crippen LogP contribution in [0.1, 0.15) is 12.8 Å². The fraction of sp³-hybridized carbons (Fsp3) is 0.538. The second-order valence-corrected chi connectivity index (χ2v) is 6.73. The number of hydrogen-bond donors (Lipinski definition) is 1. The average molecular weight is 305 g/mol. The monoisotopic (exact) mass is 305 g/mol. The van der Waals surface area contributed by atoms with Crippen LogP contribution in [0.4, 0.5) is 14.5 Å². The van der Waals surface area contributed by atoms with Gasteiger partial charge < -0.3 is 10.1 Å². The first-order chi connectivity index (χ1) is 9.46. The Labute approximate surface area is 117 Å². The molecule has 1 saturated carbocycles. The molecule has 0 aliphatic heterocycles. The second-order valence-electron chi connectivity index (χ2n) is 4.85. The maximum Gasteiger partial charge on any atom is 0.341 e. The van der Waals surface area contributed by atoms with Crippen LogP contribution < -0.4 is 5.32 Å². The summed E-state index contributed by atoms with van der Waals surface area (Å²) in [6.07, 6.45) is 2.07. The SMILES string of the molecule is COCC(Nc1ccccc1S(=O)(=O)C(F)F)C1CC1. The first-order valence-electron chi connectivity index (χ1n) is 6.33. The molecule has 4 nitrogen and oxygen atoms in total. The van der Waals surface area contributed by atoms with Gasteiger partial charge in [-0.25, -0.2) is 8.42 Å². The van der Waals surface area contributed by atoms with Crippen LogP contribution in [0.3, 0.4) is 0 Å². The van der Waals surface area contributed by atoms with Crippen LogP contribution in [0.5, 0.6) is 0 Å². The van der Waals surface area contributed by atoms with Gasteiger partial charge in [-0.15, -0.1) is 0 Å². The zero-order valence-corrected chi connectivity index (χ0v) is 11.9. The number of halogens is 2. The normalized spacial score (nSPS) is 17.2. The lowest BCUT2D eigenvalue weighted by Gasteiger charge is -2.20. The lowest BCUT2D eigenvalue weighted by molar-refractivity contribution is 0.179. The van der Waals surface area contributed by atoms with Crippen molar-refractivity contribution in [2.75, 3.05) is 19.0 Å². The number of nitrogens with one attached hydrogen (secondary N) is 1. The minimum atomic E-state index is -4.61. The molecule has 112 valence electrons. The fourth-order valence-corrected chi connectivity index (χ4v) is 3.00. The molecule has 0 spiro atoms. The molecule has 7 heteroatoms. The Morgan fingerprint density at radius 2 is 2.00 bits per heavy atom. The van der Waals surface area contributed by atoms with Gasteiger partial charge in [0.15, 0.2) is 0 Å². The van der Waals surface area contributed by atoms with E-state index in [0.717, 1.165) is 12.8 Å². The highest BCUT2D eigenvalue weighted by molar-refractivity contribution is 7.91. The van der Waals surface area contributed by atoms with Crippen molar-refractivity contribution >= 4 is 15.5 Å². The summed E-state index contributed by atoms with van der Waals surface area (Å²) in [6.45, 7) is 0.410. The Balaban J connectivity index is 2.28. The lowest BCUT2D eigenvalue weighted by atomic mass is 10.2. The molecule has 1 unspecified atom stereocenters. The van der Waals surface area contributed by atoms with Crippen LogP contribution in [-0.2, 0) is 14.6 Å². The Hall–Kier alpha value is -1.21. The minimum Gasteiger partial charge on any atom is -0.383 e. The number of para-hydroxylation sites is 1. The van der Waals surface area contributed by atoms with Crippen LogP contribution >= 0.6 is 0 Å². The molecule has 0 radical (unpaired) electrons. The quantitative estimate of drug-likeness (QED) is 0.841. The van der Waals surface area contributed by atoms with Gasteiger partial charge in [0.25, 0.3) is 0 Å². The van der Waals surface area contributed by atoms with Crippen molar-refractivity contribution in [1.29, 1.82) is 0 Å². The minimum absolute atomic E-state index is 0.0611. The Bertz CT molecular complexity index is 558. The topological polar surface area (TPSA) is 55.4 Å². The van der Waals surface area contributed by atoms with E-state index in [-0.39, 0.29) is 16.6 Å². The van der Waals surface area contributed by atoms with Gasteiger partial charge in [0.05, 0.1) is 23.2 Å². The van der Waals surface area contributed by atoms with Crippen molar-refractivity contribution in [1.82, 2.24) is 0 Å². The molecule has 1 atom stereocenters. The number of anilines is 1. The molecule has 2 rings (SSSR count). The highest BCUT2D eigenvalue weighted by Crippen LogP contribution is 2.36. The van der Waals surface area contributed by atoms with Gasteiger partial charge in [-0.3, -0.25) is 0 Å². The molecule has 1 aromatic carbocycles. The third kappa shape index (κ3) is 3.27. The summed E-state index contributed by atoms with van der Waals surface area (Å²) in [4.78, 5) is -0.364. The highest BCUT2D eigenvalue weighted by atomic mass is 32.2. The molecule has 20 heavy (non-hydrogen) atoms. The van der Waals surface area contributed by atoms with Crippen LogP contribution in [0.25, 0.3) is 0 Å². The molecular weight excluding hydrogens is 288 g/mol. The van der Waals surface area contributed by atoms with Crippen LogP contribution in [0.15, 0.2) is 29.2 Å². The first kappa shape index (κ1) is 15.2. The van der Waals surface area contributed by atoms with E-state index < -0.39 is 15.6 Å². The van der Waals surface area contributed by atoms with Gasteiger partial charge in [0.2, 0.25) is 9.84 Å². The average Bonchev–Trinajstić information content (AvgIpc) is 3.23. The van der Waals surface area contributed by atoms with E-state index >= 15 is 0 Å². The Kier molecular flexibility index (Phi) is 4.59. The van der Waals surface area contributed by atoms with Crippen LogP contribution in [0, 0.1) is 5.92 Å². The molecule has 1 aromatic rings. The van der Waals surface area contributed by atoms with E-state index in [1.165, 1.54) is 18.2 Å². The Morgan fingerprint density at radius 1 is 1.35 bits per heavy atom. The lowest BCUT2D eigenvalue weighted by Crippen LogP contribution is -2.28. The smallest absolute Gasteiger partial charge is 0.341 e. The summed E-state index contributed by atoms with van der Waals surface area (Å²) in [5, 5.41) is 3.03. The van der Waals surface area contributed by atoms with Crippen molar-refractivity contribution in [2.45, 2.75) is 29.5 Å². The third-order valence-electron chi connectivity index (χ3n) is 3.31. The van der Waals surface area contributed by atoms with Crippen LogP contribution in [0.2, 0.25) is 0 Å². The van der Waals surface area contributed by atoms with Crippen molar-refractivity contribution in [2.24, 2.45) is 5.92 Å². The summed E-state index contributed by atoms with van der Waals surface area (Å²) in [5.41, 5.74) is 0.210. The standard InChI is InChI=1S/C13H17F2NO3S/c1-19-8-11(9-6-7-9)16-10-4-2-3-5-12(10)20(17,18)13(14)15/h2-5,9,11,13,16H,6-8H2,1H3. The number of ether oxygens (including phenoxy) is 1. The summed E-state index contributed by atoms with van der Waals surface area (Å²) in [6, 6.07) is 5.68. The molecule has 1 aliphatic carbocycles. The van der Waals surface area contributed by atoms with Crippen molar-refractivity contribution in [3.8, 4) is 0 Å². The first-order valence-corrected chi connectivity index (χ1v) is 7.88. The molecule has 0 amide bonds. The number of sulfone groups is 1. The summed E-state index contributed by atoms with van der Waals surface area (Å²) >= 11 is 0. The molecule has 0 heterocycles. The van der Waals surface area contributed by atoms with Gasteiger partial charge in [0, 0.05) is 7.11 Å². The van der Waals surface area contributed by atoms with Gasteiger partial charge in [-0.05, 0) is 30.9 Å². The molecule has 0 saturated heterocycles. The highest BCUT2D eigenvalue weighted by Gasteiger charge is 2.34. The van der Waals surface area contributed by atoms with Gasteiger partial charge >= 0.3 is 5.76 Å². The van der Waals surface area contributed by atoms with E-state index in [1.54, 1.807) is 13.2 Å². The largest absolute Gasteiger partial charge is 0.383 e. The second kappa shape index (κ2) is 6.05. The predicted octanol–water partition coefficient (Wildman–Crippen LogP) is 2.52. The summed E-state index contributed by atoms with van der Waals surface area (Å²) in [7, 11) is -3.06. The number of methoxy groups -OCH3 is 1. The maximum atomic E-state index is 12.7. The van der Waals surface area contributed by atoms with Gasteiger partial charge in [-0.2, -0.15) is 8.78 Å². The fourth-order valence-electron chi connectivity index (χ4n) is 2.10. The number of alkyl halides is 2. The molecular formula is C13H17F2NO3S. The molecule has 1 N–H and O–H groups in total. The molecule has 1 fully saturated rings. The zero-order chi connectivity index (χ0) is 14.8. The van der Waals surface area contributed by atoms with E-state index in [9.17, 15) is 17.2 Å². The van der Waals surface area contributed by atoms with E-state index in [2.05, 4.69) is 5.32 Å². The van der Waals surface area contributed by atoms with Gasteiger partial charge in [-0.1, -0.05) is 12.1 Å². The molecule has 1 aliphatic rings. The number of rotatable bonds is 7. The van der Waals surface area contributed by atoms with Crippen molar-refractivity contribution < 1.29 is 21.9 Å². The van der Waals surface area contributed by atoms with Gasteiger partial charge in [0.1, 0.15) is 0 Å². The molecule has 0 bridgehead atoms. The zero-order valence-electron chi connectivity index (χ0n) is 11.1. The van der Waals surface area contributed by atoms with Crippen molar-refractivity contribution in [3.05, 3.63) is 24.3 Å². The van der Waals surface area contributed by atoms with Crippen LogP contribution in [-0.4, -0.2) is 33.9 Å². The summed E-state index contributed by atoms with van der Waals surface area (Å²) < 4.78 is 53.8. The number of benzene rings is 1. The van der Waals surface area contributed by atoms with E-state index in [1.807, 2.05) is 0 Å². The number of hydrogen-bond acceptors (Lipinski definition) is 4. The predicted molar refractivity (Wildman–Crippen MR) is 71.6 cm³/mol. The third-order valence-corrected chi connectivity index (χ3v) is 4.74. The van der Waals surface area contributed by atoms with E-state index in [0.29, 0.717) is 12.5 Å². The van der Waals surface area contributed by atoms with Crippen molar-refractivity contribution in [3.63, 3.8) is 0 Å². The van der Waals surface area contributed by atoms with E-state index in [4.69, 9.17) is 4.74 Å². The Morgan fingerprint density at radius 3 is 2.55 bits per heavy atom. The summed E-state index contributed by atoms with van der Waals surface area (Å²) in [5.74, 6) is -3.02. The maximum absolute atomic E-state index is 12.7. The molecule has 0 aromatic heterocycles.